The summed E-state index contributed by atoms with van der Waals surface area (Å²) >= 11 is 0. The highest BCUT2D eigenvalue weighted by atomic mass is 19.1. The number of fused-ring (bicyclic) bond motifs is 4. The molecule has 9 heteroatoms. The lowest BCUT2D eigenvalue weighted by atomic mass is 9.93. The number of piperidine rings is 1. The van der Waals surface area contributed by atoms with E-state index in [9.17, 15) is 14.4 Å². The number of nitriles is 1. The summed E-state index contributed by atoms with van der Waals surface area (Å²) in [4.78, 5) is 19.1. The number of nitrogens with one attached hydrogen (secondary N) is 1. The molecule has 3 aliphatic heterocycles. The van der Waals surface area contributed by atoms with Crippen LogP contribution in [0.1, 0.15) is 48.8 Å². The molecule has 2 atom stereocenters. The number of halogens is 1. The van der Waals surface area contributed by atoms with Crippen molar-refractivity contribution in [1.29, 1.82) is 5.26 Å². The summed E-state index contributed by atoms with van der Waals surface area (Å²) in [7, 11) is 2.17. The van der Waals surface area contributed by atoms with Gasteiger partial charge in [-0.1, -0.05) is 24.3 Å². The smallest absolute Gasteiger partial charge is 0.258 e. The van der Waals surface area contributed by atoms with Gasteiger partial charge in [-0.2, -0.15) is 5.26 Å². The van der Waals surface area contributed by atoms with E-state index >= 15 is 0 Å². The Balaban J connectivity index is 1.33. The predicted octanol–water partition coefficient (Wildman–Crippen LogP) is 4.60. The van der Waals surface area contributed by atoms with Gasteiger partial charge in [0.15, 0.2) is 11.4 Å². The molecule has 3 N–H and O–H groups in total. The van der Waals surface area contributed by atoms with Crippen LogP contribution in [0.2, 0.25) is 0 Å². The summed E-state index contributed by atoms with van der Waals surface area (Å²) in [6.45, 7) is 4.72. The largest absolute Gasteiger partial charge is 0.436 e. The fraction of sp³-hybridized carbons (Fsp3) is 0.455. The van der Waals surface area contributed by atoms with E-state index in [2.05, 4.69) is 40.5 Å². The number of pyridine rings is 1. The van der Waals surface area contributed by atoms with Crippen LogP contribution >= 0.6 is 0 Å². The van der Waals surface area contributed by atoms with Gasteiger partial charge >= 0.3 is 0 Å². The van der Waals surface area contributed by atoms with Crippen LogP contribution in [0.15, 0.2) is 45.7 Å². The highest BCUT2D eigenvalue weighted by molar-refractivity contribution is 5.97. The fourth-order valence-electron chi connectivity index (χ4n) is 7.44. The van der Waals surface area contributed by atoms with Crippen LogP contribution in [0.4, 0.5) is 16.0 Å². The standard InChI is InChI=1S/C33H37FN6O2/c1-38-12-9-20(10-13-38)11-14-39-19-28(40-17-23-6-7-24(18-40)37-23)25-4-2-3-21(30(25)33(39)41)15-22-5-8-27(34)31-29(22)26(16-35)32(36)42-31/h2-5,8,19-20,23-24,37H,6-7,9-15,17-18,36H2,1H3. The Hall–Kier alpha value is -3.87. The molecule has 0 aliphatic carbocycles. The predicted molar refractivity (Wildman–Crippen MR) is 163 cm³/mol. The molecule has 2 aromatic heterocycles. The van der Waals surface area contributed by atoms with Crippen molar-refractivity contribution < 1.29 is 8.81 Å². The molecule has 4 aromatic rings. The molecule has 42 heavy (non-hydrogen) atoms. The Morgan fingerprint density at radius 2 is 1.81 bits per heavy atom. The number of nitrogens with two attached hydrogens (primary N) is 1. The molecule has 0 saturated carbocycles. The van der Waals surface area contributed by atoms with Crippen molar-refractivity contribution >= 4 is 33.3 Å². The zero-order valence-corrected chi connectivity index (χ0v) is 24.0. The summed E-state index contributed by atoms with van der Waals surface area (Å²) in [5.41, 5.74) is 8.71. The van der Waals surface area contributed by atoms with Gasteiger partial charge in [0.25, 0.3) is 5.56 Å². The Bertz CT molecular complexity index is 1750. The SMILES string of the molecule is CN1CCC(CCn2cc(N3CC4CCC(C3)N4)c3cccc(Cc4ccc(F)c5oc(N)c(C#N)c45)c3c2=O)CC1. The van der Waals surface area contributed by atoms with E-state index in [0.29, 0.717) is 47.3 Å². The van der Waals surface area contributed by atoms with Gasteiger partial charge in [-0.3, -0.25) is 4.79 Å². The van der Waals surface area contributed by atoms with Crippen molar-refractivity contribution in [2.24, 2.45) is 5.92 Å². The monoisotopic (exact) mass is 568 g/mol. The van der Waals surface area contributed by atoms with E-state index in [4.69, 9.17) is 10.2 Å². The van der Waals surface area contributed by atoms with Gasteiger partial charge in [0.2, 0.25) is 5.88 Å². The quantitative estimate of drug-likeness (QED) is 0.350. The Labute approximate surface area is 244 Å². The number of aromatic nitrogens is 1. The molecule has 0 amide bonds. The van der Waals surface area contributed by atoms with Crippen LogP contribution in [0.3, 0.4) is 0 Å². The summed E-state index contributed by atoms with van der Waals surface area (Å²) in [6.07, 6.45) is 8.09. The number of nitrogen functional groups attached to an aromatic ring is 1. The zero-order valence-electron chi connectivity index (χ0n) is 24.0. The van der Waals surface area contributed by atoms with Gasteiger partial charge in [-0.05, 0) is 81.8 Å². The number of furan rings is 1. The van der Waals surface area contributed by atoms with Crippen LogP contribution in [-0.4, -0.2) is 54.8 Å². The molecule has 3 fully saturated rings. The number of rotatable bonds is 6. The molecule has 0 spiro atoms. The minimum Gasteiger partial charge on any atom is -0.436 e. The van der Waals surface area contributed by atoms with Crippen LogP contribution in [0.5, 0.6) is 0 Å². The number of benzene rings is 2. The number of piperazine rings is 1. The minimum atomic E-state index is -0.563. The number of anilines is 2. The normalized spacial score (nSPS) is 21.4. The van der Waals surface area contributed by atoms with E-state index in [1.54, 1.807) is 6.07 Å². The third kappa shape index (κ3) is 4.73. The van der Waals surface area contributed by atoms with E-state index in [1.807, 2.05) is 16.7 Å². The second-order valence-corrected chi connectivity index (χ2v) is 12.5. The summed E-state index contributed by atoms with van der Waals surface area (Å²) < 4.78 is 22.0. The first-order chi connectivity index (χ1) is 20.4. The maximum atomic E-state index is 14.7. The van der Waals surface area contributed by atoms with E-state index in [-0.39, 0.29) is 22.6 Å². The lowest BCUT2D eigenvalue weighted by Crippen LogP contribution is -2.51. The molecule has 0 radical (unpaired) electrons. The third-order valence-corrected chi connectivity index (χ3v) is 9.75. The van der Waals surface area contributed by atoms with Gasteiger partial charge in [-0.25, -0.2) is 4.39 Å². The maximum absolute atomic E-state index is 14.7. The Kier molecular flexibility index (Phi) is 6.91. The topological polar surface area (TPSA) is 103 Å². The number of hydrogen-bond acceptors (Lipinski definition) is 7. The summed E-state index contributed by atoms with van der Waals surface area (Å²) in [5.74, 6) is -0.0450. The lowest BCUT2D eigenvalue weighted by molar-refractivity contribution is 0.207. The van der Waals surface area contributed by atoms with Crippen molar-refractivity contribution in [2.45, 2.75) is 57.2 Å². The van der Waals surface area contributed by atoms with Crippen LogP contribution in [0.25, 0.3) is 21.7 Å². The summed E-state index contributed by atoms with van der Waals surface area (Å²) in [5, 5.41) is 15.5. The Morgan fingerprint density at radius 1 is 1.07 bits per heavy atom. The molecule has 3 aliphatic rings. The lowest BCUT2D eigenvalue weighted by Gasteiger charge is -2.35. The van der Waals surface area contributed by atoms with Gasteiger partial charge in [0, 0.05) is 48.7 Å². The van der Waals surface area contributed by atoms with E-state index < -0.39 is 5.82 Å². The first kappa shape index (κ1) is 27.0. The van der Waals surface area contributed by atoms with Crippen LogP contribution in [0, 0.1) is 23.1 Å². The highest BCUT2D eigenvalue weighted by Gasteiger charge is 2.33. The first-order valence-electron chi connectivity index (χ1n) is 15.1. The Morgan fingerprint density at radius 3 is 2.55 bits per heavy atom. The van der Waals surface area contributed by atoms with Crippen LogP contribution in [-0.2, 0) is 13.0 Å². The number of aryl methyl sites for hydroxylation is 1. The number of hydrogen-bond donors (Lipinski definition) is 2. The molecule has 3 saturated heterocycles. The van der Waals surface area contributed by atoms with Crippen molar-refractivity contribution in [3.8, 4) is 6.07 Å². The molecular formula is C33H37FN6O2. The number of nitrogens with zero attached hydrogens (tertiary/aromatic N) is 4. The molecule has 2 bridgehead atoms. The van der Waals surface area contributed by atoms with Gasteiger partial charge in [0.05, 0.1) is 11.1 Å². The van der Waals surface area contributed by atoms with E-state index in [0.717, 1.165) is 62.1 Å². The average molecular weight is 569 g/mol. The van der Waals surface area contributed by atoms with Gasteiger partial charge < -0.3 is 29.8 Å². The second-order valence-electron chi connectivity index (χ2n) is 12.5. The summed E-state index contributed by atoms with van der Waals surface area (Å²) in [6, 6.07) is 12.0. The number of likely N-dealkylation sites (tertiary alicyclic amines) is 1. The second kappa shape index (κ2) is 10.8. The third-order valence-electron chi connectivity index (χ3n) is 9.75. The van der Waals surface area contributed by atoms with Crippen molar-refractivity contribution in [1.82, 2.24) is 14.8 Å². The van der Waals surface area contributed by atoms with Gasteiger partial charge in [0.1, 0.15) is 11.6 Å². The molecule has 2 unspecified atom stereocenters. The molecule has 7 rings (SSSR count). The molecule has 5 heterocycles. The van der Waals surface area contributed by atoms with E-state index in [1.165, 1.54) is 18.9 Å². The molecule has 8 nitrogen and oxygen atoms in total. The molecule has 2 aromatic carbocycles. The van der Waals surface area contributed by atoms with Crippen LogP contribution < -0.4 is 21.5 Å². The van der Waals surface area contributed by atoms with Crippen molar-refractivity contribution in [3.63, 3.8) is 0 Å². The molecule has 218 valence electrons. The van der Waals surface area contributed by atoms with Gasteiger partial charge in [-0.15, -0.1) is 0 Å². The highest BCUT2D eigenvalue weighted by Crippen LogP contribution is 2.36. The maximum Gasteiger partial charge on any atom is 0.258 e. The molecular weight excluding hydrogens is 531 g/mol. The van der Waals surface area contributed by atoms with Crippen molar-refractivity contribution in [2.75, 3.05) is 43.9 Å². The fourth-order valence-corrected chi connectivity index (χ4v) is 7.44. The van der Waals surface area contributed by atoms with Crippen molar-refractivity contribution in [3.05, 3.63) is 69.4 Å². The first-order valence-corrected chi connectivity index (χ1v) is 15.1. The zero-order chi connectivity index (χ0) is 29.0. The minimum absolute atomic E-state index is 0.000883. The average Bonchev–Trinajstić information content (AvgIpc) is 3.52.